The summed E-state index contributed by atoms with van der Waals surface area (Å²) in [6.45, 7) is 11.3. The molecule has 0 aromatic carbocycles. The molecule has 0 atom stereocenters. The predicted octanol–water partition coefficient (Wildman–Crippen LogP) is 3.56. The van der Waals surface area contributed by atoms with Gasteiger partial charge in [0.05, 0.1) is 0 Å². The summed E-state index contributed by atoms with van der Waals surface area (Å²) in [5, 5.41) is 0. The van der Waals surface area contributed by atoms with Crippen LogP contribution in [-0.4, -0.2) is 38.3 Å². The highest BCUT2D eigenvalue weighted by molar-refractivity contribution is 4.66. The van der Waals surface area contributed by atoms with Gasteiger partial charge < -0.3 is 9.64 Å². The Labute approximate surface area is 97.0 Å². The average molecular weight is 217 g/mol. The van der Waals surface area contributed by atoms with Crippen molar-refractivity contribution in [3.05, 3.63) is 0 Å². The van der Waals surface area contributed by atoms with Gasteiger partial charge in [0.25, 0.3) is 0 Å². The molecule has 1 fully saturated rings. The average Bonchev–Trinajstić information content (AvgIpc) is 2.50. The molecule has 0 N–H and O–H groups in total. The molecule has 1 saturated heterocycles. The van der Waals surface area contributed by atoms with Crippen LogP contribution in [0.2, 0.25) is 0 Å². The Balaban J connectivity index is 0. The number of ether oxygens (including phenoxy) is 1. The maximum atomic E-state index is 4.25. The summed E-state index contributed by atoms with van der Waals surface area (Å²) in [5.41, 5.74) is 0. The van der Waals surface area contributed by atoms with Crippen molar-refractivity contribution >= 4 is 0 Å². The van der Waals surface area contributed by atoms with Crippen LogP contribution in [0.5, 0.6) is 0 Å². The van der Waals surface area contributed by atoms with E-state index >= 15 is 0 Å². The van der Waals surface area contributed by atoms with E-state index in [4.69, 9.17) is 0 Å². The summed E-state index contributed by atoms with van der Waals surface area (Å²) in [4.78, 5) is 2.59. The normalized spacial score (nSPS) is 17.0. The van der Waals surface area contributed by atoms with Gasteiger partial charge in [0.2, 0.25) is 0 Å². The standard InChI is InChI=1S/C9H19N.C2H6O.C2H6/c1-9(2)10-7-5-3-4-6-8-10;1-3-2;1-2/h9H,3-8H2,1-2H3;1-2H3;1-2H3. The summed E-state index contributed by atoms with van der Waals surface area (Å²) < 4.78 is 4.25. The first-order valence-electron chi connectivity index (χ1n) is 6.36. The number of rotatable bonds is 1. The lowest BCUT2D eigenvalue weighted by atomic mass is 10.2. The first-order valence-corrected chi connectivity index (χ1v) is 6.36. The van der Waals surface area contributed by atoms with Crippen molar-refractivity contribution in [2.24, 2.45) is 0 Å². The second-order valence-corrected chi connectivity index (χ2v) is 3.95. The molecule has 0 aliphatic carbocycles. The molecule has 1 aliphatic heterocycles. The fraction of sp³-hybridized carbons (Fsp3) is 1.00. The van der Waals surface area contributed by atoms with Gasteiger partial charge >= 0.3 is 0 Å². The number of hydrogen-bond acceptors (Lipinski definition) is 2. The van der Waals surface area contributed by atoms with Gasteiger partial charge in [0, 0.05) is 20.3 Å². The van der Waals surface area contributed by atoms with Crippen LogP contribution in [0.15, 0.2) is 0 Å². The highest BCUT2D eigenvalue weighted by Crippen LogP contribution is 2.11. The van der Waals surface area contributed by atoms with Crippen LogP contribution in [0.25, 0.3) is 0 Å². The molecule has 2 heteroatoms. The second kappa shape index (κ2) is 13.9. The summed E-state index contributed by atoms with van der Waals surface area (Å²) in [6.07, 6.45) is 5.72. The van der Waals surface area contributed by atoms with Crippen molar-refractivity contribution < 1.29 is 4.74 Å². The molecule has 0 spiro atoms. The van der Waals surface area contributed by atoms with E-state index in [1.165, 1.54) is 38.8 Å². The van der Waals surface area contributed by atoms with E-state index in [1.807, 2.05) is 13.8 Å². The monoisotopic (exact) mass is 217 g/mol. The topological polar surface area (TPSA) is 12.5 Å². The van der Waals surface area contributed by atoms with Gasteiger partial charge in [0.15, 0.2) is 0 Å². The Hall–Kier alpha value is -0.0800. The Morgan fingerprint density at radius 1 is 0.867 bits per heavy atom. The smallest absolute Gasteiger partial charge is 0.0351 e. The van der Waals surface area contributed by atoms with Crippen LogP contribution < -0.4 is 0 Å². The predicted molar refractivity (Wildman–Crippen MR) is 69.5 cm³/mol. The third-order valence-corrected chi connectivity index (χ3v) is 2.37. The second-order valence-electron chi connectivity index (χ2n) is 3.95. The van der Waals surface area contributed by atoms with E-state index in [0.29, 0.717) is 0 Å². The number of nitrogens with zero attached hydrogens (tertiary/aromatic N) is 1. The van der Waals surface area contributed by atoms with E-state index in [0.717, 1.165) is 6.04 Å². The molecule has 0 radical (unpaired) electrons. The zero-order valence-electron chi connectivity index (χ0n) is 11.7. The number of hydrogen-bond donors (Lipinski definition) is 0. The minimum absolute atomic E-state index is 0.762. The van der Waals surface area contributed by atoms with Crippen molar-refractivity contribution in [2.75, 3.05) is 27.3 Å². The zero-order chi connectivity index (χ0) is 12.1. The maximum Gasteiger partial charge on any atom is 0.0351 e. The van der Waals surface area contributed by atoms with E-state index in [2.05, 4.69) is 23.5 Å². The van der Waals surface area contributed by atoms with Crippen LogP contribution in [0.3, 0.4) is 0 Å². The lowest BCUT2D eigenvalue weighted by Crippen LogP contribution is -2.31. The third-order valence-electron chi connectivity index (χ3n) is 2.37. The van der Waals surface area contributed by atoms with Crippen LogP contribution >= 0.6 is 0 Å². The summed E-state index contributed by atoms with van der Waals surface area (Å²) in [6, 6.07) is 0.762. The van der Waals surface area contributed by atoms with E-state index < -0.39 is 0 Å². The number of methoxy groups -OCH3 is 1. The molecular formula is C13H31NO. The van der Waals surface area contributed by atoms with E-state index in [-0.39, 0.29) is 0 Å². The van der Waals surface area contributed by atoms with Gasteiger partial charge in [-0.2, -0.15) is 0 Å². The first-order chi connectivity index (χ1) is 7.22. The molecule has 0 aromatic heterocycles. The maximum absolute atomic E-state index is 4.25. The fourth-order valence-electron chi connectivity index (χ4n) is 1.61. The number of likely N-dealkylation sites (tertiary alicyclic amines) is 1. The molecule has 0 unspecified atom stereocenters. The van der Waals surface area contributed by atoms with Gasteiger partial charge in [-0.05, 0) is 39.8 Å². The Kier molecular flexibility index (Phi) is 16.1. The zero-order valence-corrected chi connectivity index (χ0v) is 11.7. The van der Waals surface area contributed by atoms with Gasteiger partial charge in [-0.15, -0.1) is 0 Å². The lowest BCUT2D eigenvalue weighted by molar-refractivity contribution is 0.231. The summed E-state index contributed by atoms with van der Waals surface area (Å²) in [7, 11) is 3.25. The van der Waals surface area contributed by atoms with Crippen molar-refractivity contribution in [1.82, 2.24) is 4.90 Å². The lowest BCUT2D eigenvalue weighted by Gasteiger charge is -2.23. The third kappa shape index (κ3) is 11.8. The first kappa shape index (κ1) is 17.3. The van der Waals surface area contributed by atoms with Gasteiger partial charge in [-0.3, -0.25) is 0 Å². The van der Waals surface area contributed by atoms with Crippen LogP contribution in [-0.2, 0) is 4.74 Å². The SMILES string of the molecule is CC.CC(C)N1CCCCCC1.COC. The molecule has 15 heavy (non-hydrogen) atoms. The Bertz CT molecular complexity index is 96.7. The van der Waals surface area contributed by atoms with Crippen LogP contribution in [0.1, 0.15) is 53.4 Å². The van der Waals surface area contributed by atoms with Crippen molar-refractivity contribution in [1.29, 1.82) is 0 Å². The molecule has 1 aliphatic rings. The molecular weight excluding hydrogens is 186 g/mol. The fourth-order valence-corrected chi connectivity index (χ4v) is 1.61. The molecule has 1 heterocycles. The molecule has 0 bridgehead atoms. The quantitative estimate of drug-likeness (QED) is 0.666. The molecule has 0 amide bonds. The van der Waals surface area contributed by atoms with E-state index in [1.54, 1.807) is 14.2 Å². The molecule has 1 rings (SSSR count). The van der Waals surface area contributed by atoms with Crippen molar-refractivity contribution in [3.8, 4) is 0 Å². The van der Waals surface area contributed by atoms with E-state index in [9.17, 15) is 0 Å². The summed E-state index contributed by atoms with van der Waals surface area (Å²) >= 11 is 0. The molecule has 94 valence electrons. The Morgan fingerprint density at radius 3 is 1.47 bits per heavy atom. The highest BCUT2D eigenvalue weighted by atomic mass is 16.4. The minimum atomic E-state index is 0.762. The van der Waals surface area contributed by atoms with Crippen LogP contribution in [0.4, 0.5) is 0 Å². The van der Waals surface area contributed by atoms with Gasteiger partial charge in [-0.25, -0.2) is 0 Å². The van der Waals surface area contributed by atoms with Crippen LogP contribution in [0, 0.1) is 0 Å². The van der Waals surface area contributed by atoms with Gasteiger partial charge in [-0.1, -0.05) is 26.7 Å². The summed E-state index contributed by atoms with van der Waals surface area (Å²) in [5.74, 6) is 0. The minimum Gasteiger partial charge on any atom is -0.388 e. The van der Waals surface area contributed by atoms with Crippen molar-refractivity contribution in [2.45, 2.75) is 59.4 Å². The molecule has 0 aromatic rings. The van der Waals surface area contributed by atoms with Crippen molar-refractivity contribution in [3.63, 3.8) is 0 Å². The molecule has 0 saturated carbocycles. The highest BCUT2D eigenvalue weighted by Gasteiger charge is 2.10. The largest absolute Gasteiger partial charge is 0.388 e. The molecule has 2 nitrogen and oxygen atoms in total. The Morgan fingerprint density at radius 2 is 1.20 bits per heavy atom. The van der Waals surface area contributed by atoms with Gasteiger partial charge in [0.1, 0.15) is 0 Å².